The number of H-pyrrole nitrogens is 1. The van der Waals surface area contributed by atoms with Gasteiger partial charge in [0.25, 0.3) is 0 Å². The molecule has 18 heavy (non-hydrogen) atoms. The molecule has 1 saturated carbocycles. The zero-order chi connectivity index (χ0) is 12.4. The Balaban J connectivity index is 1.46. The lowest BCUT2D eigenvalue weighted by Crippen LogP contribution is -2.42. The SMILES string of the molecule is S=C(NN=Cc1ccc[nH]1)NC1CC2C=CC1C2. The van der Waals surface area contributed by atoms with Gasteiger partial charge in [-0.05, 0) is 49.0 Å². The van der Waals surface area contributed by atoms with Crippen molar-refractivity contribution in [3.63, 3.8) is 0 Å². The van der Waals surface area contributed by atoms with Crippen LogP contribution in [-0.2, 0) is 0 Å². The van der Waals surface area contributed by atoms with Crippen LogP contribution >= 0.6 is 12.2 Å². The van der Waals surface area contributed by atoms with Crippen molar-refractivity contribution in [3.05, 3.63) is 36.2 Å². The summed E-state index contributed by atoms with van der Waals surface area (Å²) in [6.45, 7) is 0. The van der Waals surface area contributed by atoms with Crippen LogP contribution in [0.3, 0.4) is 0 Å². The van der Waals surface area contributed by atoms with Crippen LogP contribution in [0.15, 0.2) is 35.6 Å². The Labute approximate surface area is 112 Å². The number of thiocarbonyl (C=S) groups is 1. The van der Waals surface area contributed by atoms with Crippen LogP contribution in [0.5, 0.6) is 0 Å². The van der Waals surface area contributed by atoms with Crippen LogP contribution in [0.2, 0.25) is 0 Å². The fraction of sp³-hybridized carbons (Fsp3) is 0.385. The lowest BCUT2D eigenvalue weighted by atomic mass is 10.0. The van der Waals surface area contributed by atoms with Gasteiger partial charge in [-0.25, -0.2) is 0 Å². The molecule has 3 atom stereocenters. The highest BCUT2D eigenvalue weighted by atomic mass is 32.1. The highest BCUT2D eigenvalue weighted by molar-refractivity contribution is 7.80. The molecular weight excluding hydrogens is 244 g/mol. The first kappa shape index (κ1) is 11.5. The molecule has 0 aromatic carbocycles. The summed E-state index contributed by atoms with van der Waals surface area (Å²) in [6, 6.07) is 4.35. The fourth-order valence-corrected chi connectivity index (χ4v) is 2.94. The van der Waals surface area contributed by atoms with Crippen LogP contribution in [0.25, 0.3) is 0 Å². The summed E-state index contributed by atoms with van der Waals surface area (Å²) < 4.78 is 0. The maximum absolute atomic E-state index is 5.23. The summed E-state index contributed by atoms with van der Waals surface area (Å²) in [5, 5.41) is 8.03. The van der Waals surface area contributed by atoms with Crippen LogP contribution in [-0.4, -0.2) is 22.4 Å². The van der Waals surface area contributed by atoms with Gasteiger partial charge in [0.05, 0.1) is 11.9 Å². The van der Waals surface area contributed by atoms with E-state index in [1.54, 1.807) is 6.21 Å². The molecule has 94 valence electrons. The van der Waals surface area contributed by atoms with Gasteiger partial charge in [0.1, 0.15) is 0 Å². The van der Waals surface area contributed by atoms with E-state index in [4.69, 9.17) is 12.2 Å². The zero-order valence-corrected chi connectivity index (χ0v) is 10.8. The second kappa shape index (κ2) is 4.94. The van der Waals surface area contributed by atoms with Crippen molar-refractivity contribution in [1.82, 2.24) is 15.7 Å². The average Bonchev–Trinajstić information content (AvgIpc) is 3.04. The lowest BCUT2D eigenvalue weighted by molar-refractivity contribution is 0.521. The minimum absolute atomic E-state index is 0.473. The van der Waals surface area contributed by atoms with Gasteiger partial charge in [-0.3, -0.25) is 5.43 Å². The van der Waals surface area contributed by atoms with E-state index in [0.717, 1.165) is 11.6 Å². The number of hydrogen-bond acceptors (Lipinski definition) is 2. The van der Waals surface area contributed by atoms with Gasteiger partial charge in [0, 0.05) is 12.2 Å². The number of aromatic nitrogens is 1. The minimum atomic E-state index is 0.473. The van der Waals surface area contributed by atoms with Gasteiger partial charge in [0.2, 0.25) is 0 Å². The number of rotatable bonds is 3. The third-order valence-corrected chi connectivity index (χ3v) is 3.80. The standard InChI is InChI=1S/C13H16N4S/c18-13(17-15-8-11-2-1-5-14-11)16-12-7-9-3-4-10(12)6-9/h1-5,8-10,12,14H,6-7H2,(H2,16,17,18). The molecule has 1 aromatic heterocycles. The molecule has 1 aromatic rings. The summed E-state index contributed by atoms with van der Waals surface area (Å²) in [6.07, 6.45) is 10.7. The number of nitrogens with zero attached hydrogens (tertiary/aromatic N) is 1. The normalized spacial score (nSPS) is 29.0. The summed E-state index contributed by atoms with van der Waals surface area (Å²) in [4.78, 5) is 3.04. The Morgan fingerprint density at radius 1 is 1.44 bits per heavy atom. The monoisotopic (exact) mass is 260 g/mol. The third kappa shape index (κ3) is 2.46. The van der Waals surface area contributed by atoms with E-state index in [1.807, 2.05) is 18.3 Å². The molecule has 0 saturated heterocycles. The Hall–Kier alpha value is -1.62. The maximum atomic E-state index is 5.23. The number of hydrogen-bond donors (Lipinski definition) is 3. The van der Waals surface area contributed by atoms with E-state index in [9.17, 15) is 0 Å². The second-order valence-electron chi connectivity index (χ2n) is 4.86. The van der Waals surface area contributed by atoms with E-state index in [0.29, 0.717) is 17.1 Å². The molecule has 2 bridgehead atoms. The molecule has 0 amide bonds. The Kier molecular flexibility index (Phi) is 3.15. The van der Waals surface area contributed by atoms with Gasteiger partial charge in [-0.15, -0.1) is 0 Å². The highest BCUT2D eigenvalue weighted by Crippen LogP contribution is 2.38. The molecule has 4 nitrogen and oxygen atoms in total. The predicted molar refractivity (Wildman–Crippen MR) is 76.4 cm³/mol. The second-order valence-corrected chi connectivity index (χ2v) is 5.26. The molecule has 2 aliphatic rings. The topological polar surface area (TPSA) is 52.2 Å². The van der Waals surface area contributed by atoms with Gasteiger partial charge in [-0.1, -0.05) is 12.2 Å². The Morgan fingerprint density at radius 3 is 3.06 bits per heavy atom. The summed E-state index contributed by atoms with van der Waals surface area (Å²) >= 11 is 5.23. The van der Waals surface area contributed by atoms with E-state index in [1.165, 1.54) is 12.8 Å². The number of aromatic amines is 1. The quantitative estimate of drug-likeness (QED) is 0.336. The largest absolute Gasteiger partial charge is 0.360 e. The summed E-state index contributed by atoms with van der Waals surface area (Å²) in [5.41, 5.74) is 3.80. The van der Waals surface area contributed by atoms with Crippen LogP contribution in [0.1, 0.15) is 18.5 Å². The highest BCUT2D eigenvalue weighted by Gasteiger charge is 2.35. The first-order valence-electron chi connectivity index (χ1n) is 6.22. The lowest BCUT2D eigenvalue weighted by Gasteiger charge is -2.20. The molecule has 3 N–H and O–H groups in total. The molecule has 3 unspecified atom stereocenters. The maximum Gasteiger partial charge on any atom is 0.187 e. The van der Waals surface area contributed by atoms with Crippen LogP contribution in [0, 0.1) is 11.8 Å². The zero-order valence-electron chi connectivity index (χ0n) is 9.97. The minimum Gasteiger partial charge on any atom is -0.360 e. The summed E-state index contributed by atoms with van der Waals surface area (Å²) in [5.74, 6) is 1.39. The number of allylic oxidation sites excluding steroid dienone is 1. The van der Waals surface area contributed by atoms with Crippen molar-refractivity contribution >= 4 is 23.5 Å². The molecule has 1 fully saturated rings. The van der Waals surface area contributed by atoms with Crippen molar-refractivity contribution in [3.8, 4) is 0 Å². The molecule has 3 rings (SSSR count). The molecular formula is C13H16N4S. The third-order valence-electron chi connectivity index (χ3n) is 3.59. The molecule has 1 heterocycles. The van der Waals surface area contributed by atoms with Crippen molar-refractivity contribution in [2.75, 3.05) is 0 Å². The van der Waals surface area contributed by atoms with E-state index >= 15 is 0 Å². The molecule has 0 spiro atoms. The average molecular weight is 260 g/mol. The van der Waals surface area contributed by atoms with Crippen molar-refractivity contribution in [2.24, 2.45) is 16.9 Å². The number of hydrazone groups is 1. The van der Waals surface area contributed by atoms with Crippen LogP contribution in [0.4, 0.5) is 0 Å². The molecule has 0 aliphatic heterocycles. The van der Waals surface area contributed by atoms with E-state index < -0.39 is 0 Å². The van der Waals surface area contributed by atoms with Gasteiger partial charge < -0.3 is 10.3 Å². The van der Waals surface area contributed by atoms with Gasteiger partial charge in [-0.2, -0.15) is 5.10 Å². The Morgan fingerprint density at radius 2 is 2.39 bits per heavy atom. The van der Waals surface area contributed by atoms with Gasteiger partial charge in [0.15, 0.2) is 5.11 Å². The number of fused-ring (bicyclic) bond motifs is 2. The smallest absolute Gasteiger partial charge is 0.187 e. The molecule has 0 radical (unpaired) electrons. The van der Waals surface area contributed by atoms with Crippen molar-refractivity contribution in [2.45, 2.75) is 18.9 Å². The first-order chi connectivity index (χ1) is 8.81. The van der Waals surface area contributed by atoms with Gasteiger partial charge >= 0.3 is 0 Å². The first-order valence-corrected chi connectivity index (χ1v) is 6.63. The van der Waals surface area contributed by atoms with Crippen molar-refractivity contribution in [1.29, 1.82) is 0 Å². The van der Waals surface area contributed by atoms with E-state index in [2.05, 4.69) is 33.0 Å². The fourth-order valence-electron chi connectivity index (χ4n) is 2.73. The summed E-state index contributed by atoms with van der Waals surface area (Å²) in [7, 11) is 0. The molecule has 2 aliphatic carbocycles. The molecule has 5 heteroatoms. The van der Waals surface area contributed by atoms with E-state index in [-0.39, 0.29) is 0 Å². The number of nitrogens with one attached hydrogen (secondary N) is 3. The van der Waals surface area contributed by atoms with Crippen LogP contribution < -0.4 is 10.7 Å². The van der Waals surface area contributed by atoms with Crippen molar-refractivity contribution < 1.29 is 0 Å². The Bertz CT molecular complexity index is 477. The predicted octanol–water partition coefficient (Wildman–Crippen LogP) is 1.78.